The minimum Gasteiger partial charge on any atom is -0.376 e. The first-order valence-electron chi connectivity index (χ1n) is 7.56. The number of benzene rings is 2. The molecule has 4 rings (SSSR count). The molecular weight excluding hydrogens is 274 g/mol. The highest BCUT2D eigenvalue weighted by Crippen LogP contribution is 2.30. The smallest absolute Gasteiger partial charge is 0.123 e. The zero-order valence-electron chi connectivity index (χ0n) is 12.2. The van der Waals surface area contributed by atoms with Crippen LogP contribution in [0.3, 0.4) is 0 Å². The van der Waals surface area contributed by atoms with Crippen LogP contribution in [0.1, 0.15) is 11.8 Å². The second kappa shape index (κ2) is 5.87. The van der Waals surface area contributed by atoms with Crippen LogP contribution < -0.4 is 0 Å². The summed E-state index contributed by atoms with van der Waals surface area (Å²) in [5, 5.41) is 2.32. The van der Waals surface area contributed by atoms with E-state index in [1.807, 2.05) is 24.3 Å². The van der Waals surface area contributed by atoms with Crippen molar-refractivity contribution in [3.05, 3.63) is 66.4 Å². The van der Waals surface area contributed by atoms with Crippen LogP contribution in [0.2, 0.25) is 0 Å². The zero-order chi connectivity index (χ0) is 14.8. The molecule has 1 aliphatic rings. The lowest BCUT2D eigenvalue weighted by atomic mass is 10.0. The number of pyridine rings is 1. The molecule has 0 radical (unpaired) electrons. The summed E-state index contributed by atoms with van der Waals surface area (Å²) in [5.41, 5.74) is 3.06. The standard InChI is InChI=1S/C19H17NO2/c1-2-6-14(7-3-1)17-12-15-8-4-5-9-16(15)19(20-17)18-13-21-10-11-22-18/h1-9,12,18H,10-11,13H2. The van der Waals surface area contributed by atoms with E-state index in [9.17, 15) is 0 Å². The average molecular weight is 291 g/mol. The number of ether oxygens (including phenoxy) is 2. The molecular formula is C19H17NO2. The summed E-state index contributed by atoms with van der Waals surface area (Å²) in [6.45, 7) is 1.85. The Kier molecular flexibility index (Phi) is 3.59. The minimum absolute atomic E-state index is 0.0951. The molecule has 3 heteroatoms. The van der Waals surface area contributed by atoms with Crippen LogP contribution in [0.4, 0.5) is 0 Å². The van der Waals surface area contributed by atoms with Crippen molar-refractivity contribution in [3.63, 3.8) is 0 Å². The van der Waals surface area contributed by atoms with Gasteiger partial charge in [0.15, 0.2) is 0 Å². The fourth-order valence-electron chi connectivity index (χ4n) is 2.87. The molecule has 110 valence electrons. The molecule has 0 aliphatic carbocycles. The average Bonchev–Trinajstić information content (AvgIpc) is 2.62. The maximum Gasteiger partial charge on any atom is 0.123 e. The van der Waals surface area contributed by atoms with Crippen LogP contribution in [0.5, 0.6) is 0 Å². The van der Waals surface area contributed by atoms with Crippen molar-refractivity contribution in [1.29, 1.82) is 0 Å². The molecule has 1 saturated heterocycles. The molecule has 0 N–H and O–H groups in total. The van der Waals surface area contributed by atoms with Crippen LogP contribution >= 0.6 is 0 Å². The summed E-state index contributed by atoms with van der Waals surface area (Å²) in [6, 6.07) is 20.7. The first-order valence-corrected chi connectivity index (χ1v) is 7.56. The van der Waals surface area contributed by atoms with Gasteiger partial charge >= 0.3 is 0 Å². The van der Waals surface area contributed by atoms with Crippen LogP contribution in [0.25, 0.3) is 22.0 Å². The SMILES string of the molecule is c1ccc(-c2cc3ccccc3c(C3COCCO3)n2)cc1. The Morgan fingerprint density at radius 1 is 0.909 bits per heavy atom. The van der Waals surface area contributed by atoms with Crippen LogP contribution in [-0.4, -0.2) is 24.8 Å². The van der Waals surface area contributed by atoms with Gasteiger partial charge in [0.1, 0.15) is 6.10 Å². The maximum absolute atomic E-state index is 5.88. The van der Waals surface area contributed by atoms with E-state index in [1.54, 1.807) is 0 Å². The van der Waals surface area contributed by atoms with Gasteiger partial charge in [0, 0.05) is 10.9 Å². The molecule has 0 spiro atoms. The van der Waals surface area contributed by atoms with Crippen molar-refractivity contribution >= 4 is 10.8 Å². The van der Waals surface area contributed by atoms with Crippen molar-refractivity contribution in [2.24, 2.45) is 0 Å². The first-order chi connectivity index (χ1) is 10.9. The third-order valence-electron chi connectivity index (χ3n) is 3.96. The summed E-state index contributed by atoms with van der Waals surface area (Å²) in [6.07, 6.45) is -0.0951. The molecule has 1 aliphatic heterocycles. The molecule has 2 heterocycles. The van der Waals surface area contributed by atoms with Gasteiger partial charge in [-0.15, -0.1) is 0 Å². The lowest BCUT2D eigenvalue weighted by Gasteiger charge is -2.24. The third-order valence-corrected chi connectivity index (χ3v) is 3.96. The highest BCUT2D eigenvalue weighted by atomic mass is 16.6. The summed E-state index contributed by atoms with van der Waals surface area (Å²) in [4.78, 5) is 4.89. The Morgan fingerprint density at radius 2 is 1.73 bits per heavy atom. The molecule has 3 aromatic rings. The predicted octanol–water partition coefficient (Wildman–Crippen LogP) is 3.99. The molecule has 1 atom stereocenters. The van der Waals surface area contributed by atoms with E-state index in [0.717, 1.165) is 22.3 Å². The Bertz CT molecular complexity index is 780. The first kappa shape index (κ1) is 13.4. The Hall–Kier alpha value is -2.23. The van der Waals surface area contributed by atoms with Gasteiger partial charge in [0.25, 0.3) is 0 Å². The van der Waals surface area contributed by atoms with Gasteiger partial charge in [-0.2, -0.15) is 0 Å². The molecule has 1 fully saturated rings. The van der Waals surface area contributed by atoms with Gasteiger partial charge in [0.2, 0.25) is 0 Å². The van der Waals surface area contributed by atoms with E-state index in [-0.39, 0.29) is 6.10 Å². The van der Waals surface area contributed by atoms with Crippen molar-refractivity contribution in [3.8, 4) is 11.3 Å². The Morgan fingerprint density at radius 3 is 2.55 bits per heavy atom. The molecule has 1 unspecified atom stereocenters. The van der Waals surface area contributed by atoms with E-state index in [1.165, 1.54) is 5.39 Å². The second-order valence-corrected chi connectivity index (χ2v) is 5.41. The van der Waals surface area contributed by atoms with Crippen molar-refractivity contribution < 1.29 is 9.47 Å². The number of hydrogen-bond donors (Lipinski definition) is 0. The van der Waals surface area contributed by atoms with Crippen molar-refractivity contribution in [2.75, 3.05) is 19.8 Å². The fraction of sp³-hybridized carbons (Fsp3) is 0.211. The number of aromatic nitrogens is 1. The van der Waals surface area contributed by atoms with Gasteiger partial charge in [-0.3, -0.25) is 0 Å². The number of fused-ring (bicyclic) bond motifs is 1. The third kappa shape index (κ3) is 2.49. The number of rotatable bonds is 2. The molecule has 3 nitrogen and oxygen atoms in total. The molecule has 0 amide bonds. The maximum atomic E-state index is 5.88. The Labute approximate surface area is 129 Å². The second-order valence-electron chi connectivity index (χ2n) is 5.41. The van der Waals surface area contributed by atoms with E-state index >= 15 is 0 Å². The van der Waals surface area contributed by atoms with E-state index in [2.05, 4.69) is 36.4 Å². The quantitative estimate of drug-likeness (QED) is 0.715. The molecule has 2 aromatic carbocycles. The monoisotopic (exact) mass is 291 g/mol. The summed E-state index contributed by atoms with van der Waals surface area (Å²) in [5.74, 6) is 0. The lowest BCUT2D eigenvalue weighted by molar-refractivity contribution is -0.0911. The van der Waals surface area contributed by atoms with Gasteiger partial charge in [-0.25, -0.2) is 4.98 Å². The summed E-state index contributed by atoms with van der Waals surface area (Å²) in [7, 11) is 0. The van der Waals surface area contributed by atoms with E-state index < -0.39 is 0 Å². The van der Waals surface area contributed by atoms with Crippen LogP contribution in [0, 0.1) is 0 Å². The van der Waals surface area contributed by atoms with Gasteiger partial charge in [0.05, 0.1) is 31.2 Å². The fourth-order valence-corrected chi connectivity index (χ4v) is 2.87. The van der Waals surface area contributed by atoms with Gasteiger partial charge < -0.3 is 9.47 Å². The van der Waals surface area contributed by atoms with Crippen LogP contribution in [-0.2, 0) is 9.47 Å². The number of nitrogens with zero attached hydrogens (tertiary/aromatic N) is 1. The zero-order valence-corrected chi connectivity index (χ0v) is 12.2. The largest absolute Gasteiger partial charge is 0.376 e. The van der Waals surface area contributed by atoms with Crippen molar-refractivity contribution in [1.82, 2.24) is 4.98 Å². The summed E-state index contributed by atoms with van der Waals surface area (Å²) >= 11 is 0. The van der Waals surface area contributed by atoms with Crippen LogP contribution in [0.15, 0.2) is 60.7 Å². The van der Waals surface area contributed by atoms with E-state index in [0.29, 0.717) is 19.8 Å². The molecule has 22 heavy (non-hydrogen) atoms. The minimum atomic E-state index is -0.0951. The Balaban J connectivity index is 1.89. The van der Waals surface area contributed by atoms with E-state index in [4.69, 9.17) is 14.5 Å². The predicted molar refractivity (Wildman–Crippen MR) is 86.7 cm³/mol. The normalized spacial score (nSPS) is 18.5. The molecule has 0 saturated carbocycles. The summed E-state index contributed by atoms with van der Waals surface area (Å²) < 4.78 is 11.4. The molecule has 1 aromatic heterocycles. The molecule has 0 bridgehead atoms. The van der Waals surface area contributed by atoms with Gasteiger partial charge in [-0.1, -0.05) is 54.6 Å². The highest BCUT2D eigenvalue weighted by molar-refractivity contribution is 5.88. The topological polar surface area (TPSA) is 31.4 Å². The highest BCUT2D eigenvalue weighted by Gasteiger charge is 2.21. The number of hydrogen-bond acceptors (Lipinski definition) is 3. The van der Waals surface area contributed by atoms with Gasteiger partial charge in [-0.05, 0) is 11.5 Å². The lowest BCUT2D eigenvalue weighted by Crippen LogP contribution is -2.23. The van der Waals surface area contributed by atoms with Crippen molar-refractivity contribution in [2.45, 2.75) is 6.10 Å².